The van der Waals surface area contributed by atoms with Gasteiger partial charge in [-0.2, -0.15) is 0 Å². The van der Waals surface area contributed by atoms with Crippen molar-refractivity contribution in [2.24, 2.45) is 4.99 Å². The Hall–Kier alpha value is -2.47. The Labute approximate surface area is 128 Å². The molecule has 114 valence electrons. The summed E-state index contributed by atoms with van der Waals surface area (Å²) in [7, 11) is 0. The molecule has 1 aromatic carbocycles. The summed E-state index contributed by atoms with van der Waals surface area (Å²) < 4.78 is 5.82. The lowest BCUT2D eigenvalue weighted by Gasteiger charge is -2.36. The van der Waals surface area contributed by atoms with Crippen LogP contribution in [0.5, 0.6) is 0 Å². The van der Waals surface area contributed by atoms with Crippen LogP contribution < -0.4 is 5.32 Å². The van der Waals surface area contributed by atoms with Crippen LogP contribution in [0.25, 0.3) is 0 Å². The van der Waals surface area contributed by atoms with Gasteiger partial charge in [-0.25, -0.2) is 4.99 Å². The van der Waals surface area contributed by atoms with Crippen molar-refractivity contribution >= 4 is 18.0 Å². The van der Waals surface area contributed by atoms with E-state index < -0.39 is 12.4 Å². The molecule has 2 unspecified atom stereocenters. The van der Waals surface area contributed by atoms with E-state index in [2.05, 4.69) is 10.3 Å². The molecule has 3 rings (SSSR count). The number of piperidine rings is 1. The fraction of sp³-hybridized carbons (Fsp3) is 0.312. The zero-order chi connectivity index (χ0) is 15.4. The molecule has 22 heavy (non-hydrogen) atoms. The number of aliphatic imine (C=N–C) groups is 1. The van der Waals surface area contributed by atoms with E-state index in [-0.39, 0.29) is 11.8 Å². The number of carbonyl (C=O) groups is 2. The van der Waals surface area contributed by atoms with Crippen molar-refractivity contribution in [3.05, 3.63) is 48.2 Å². The minimum Gasteiger partial charge on any atom is -0.334 e. The molecule has 0 radical (unpaired) electrons. The molecule has 2 amide bonds. The van der Waals surface area contributed by atoms with Crippen molar-refractivity contribution in [1.29, 1.82) is 0 Å². The number of allylic oxidation sites excluding steroid dienone is 1. The fourth-order valence-electron chi connectivity index (χ4n) is 2.51. The van der Waals surface area contributed by atoms with Crippen LogP contribution in [0.15, 0.2) is 47.6 Å². The van der Waals surface area contributed by atoms with E-state index in [1.54, 1.807) is 23.4 Å². The van der Waals surface area contributed by atoms with Crippen molar-refractivity contribution in [1.82, 2.24) is 10.2 Å². The van der Waals surface area contributed by atoms with Gasteiger partial charge in [0.2, 0.25) is 18.2 Å². The predicted molar refractivity (Wildman–Crippen MR) is 80.7 cm³/mol. The number of hydrogen-bond acceptors (Lipinski definition) is 5. The number of imide groups is 1. The third-order valence-corrected chi connectivity index (χ3v) is 3.62. The smallest absolute Gasteiger partial charge is 0.249 e. The number of nitrogens with zero attached hydrogens (tertiary/aromatic N) is 2. The molecule has 1 aromatic rings. The summed E-state index contributed by atoms with van der Waals surface area (Å²) in [6, 6.07) is 9.34. The van der Waals surface area contributed by atoms with Crippen molar-refractivity contribution in [2.75, 3.05) is 0 Å². The number of carbonyl (C=O) groups excluding carboxylic acids is 2. The van der Waals surface area contributed by atoms with E-state index in [0.29, 0.717) is 19.4 Å². The van der Waals surface area contributed by atoms with Gasteiger partial charge in [-0.15, -0.1) is 0 Å². The summed E-state index contributed by atoms with van der Waals surface area (Å²) in [6.07, 6.45) is 5.42. The van der Waals surface area contributed by atoms with Crippen LogP contribution in [0.2, 0.25) is 0 Å². The third kappa shape index (κ3) is 3.23. The van der Waals surface area contributed by atoms with Crippen LogP contribution in [0, 0.1) is 0 Å². The zero-order valence-corrected chi connectivity index (χ0v) is 12.0. The van der Waals surface area contributed by atoms with Crippen molar-refractivity contribution in [2.45, 2.75) is 31.8 Å². The summed E-state index contributed by atoms with van der Waals surface area (Å²) in [5, 5.41) is 2.36. The maximum atomic E-state index is 12.0. The van der Waals surface area contributed by atoms with Gasteiger partial charge >= 0.3 is 0 Å². The molecule has 6 heteroatoms. The molecule has 0 aromatic heterocycles. The molecule has 0 spiro atoms. The average Bonchev–Trinajstić information content (AvgIpc) is 2.54. The Bertz CT molecular complexity index is 612. The molecule has 1 saturated heterocycles. The molecule has 2 heterocycles. The normalized spacial score (nSPS) is 24.5. The highest BCUT2D eigenvalue weighted by atomic mass is 16.5. The van der Waals surface area contributed by atoms with Crippen LogP contribution in [0.4, 0.5) is 0 Å². The molecular weight excluding hydrogens is 282 g/mol. The standard InChI is InChI=1S/C16H17N3O3/c20-14-8-7-13(15(21)18-14)19-10-4-9-17-16(19)22-11-12-5-2-1-3-6-12/h1-6,9-10,13,16H,7-8,11H2,(H,18,20,21). The van der Waals surface area contributed by atoms with Gasteiger partial charge in [-0.1, -0.05) is 30.3 Å². The van der Waals surface area contributed by atoms with Gasteiger partial charge in [-0.05, 0) is 18.1 Å². The van der Waals surface area contributed by atoms with Gasteiger partial charge in [0, 0.05) is 18.8 Å². The lowest BCUT2D eigenvalue weighted by molar-refractivity contribution is -0.141. The number of amides is 2. The monoisotopic (exact) mass is 299 g/mol. The summed E-state index contributed by atoms with van der Waals surface area (Å²) in [5.41, 5.74) is 1.04. The molecule has 0 bridgehead atoms. The average molecular weight is 299 g/mol. The summed E-state index contributed by atoms with van der Waals surface area (Å²) >= 11 is 0. The van der Waals surface area contributed by atoms with Crippen molar-refractivity contribution in [3.8, 4) is 0 Å². The Morgan fingerprint density at radius 3 is 2.86 bits per heavy atom. The van der Waals surface area contributed by atoms with Gasteiger partial charge in [0.1, 0.15) is 6.04 Å². The largest absolute Gasteiger partial charge is 0.334 e. The quantitative estimate of drug-likeness (QED) is 0.848. The Morgan fingerprint density at radius 1 is 1.27 bits per heavy atom. The minimum atomic E-state index is -0.561. The maximum Gasteiger partial charge on any atom is 0.249 e. The summed E-state index contributed by atoms with van der Waals surface area (Å²) in [6.45, 7) is 0.403. The van der Waals surface area contributed by atoms with Crippen molar-refractivity contribution < 1.29 is 14.3 Å². The molecule has 2 aliphatic rings. The Kier molecular flexibility index (Phi) is 4.29. The topological polar surface area (TPSA) is 71.0 Å². The van der Waals surface area contributed by atoms with E-state index in [1.165, 1.54) is 0 Å². The molecule has 2 atom stereocenters. The number of rotatable bonds is 4. The SMILES string of the molecule is O=C1CCC(N2C=CC=NC2OCc2ccccc2)C(=O)N1. The van der Waals surface area contributed by atoms with E-state index in [4.69, 9.17) is 4.74 Å². The van der Waals surface area contributed by atoms with Crippen LogP contribution in [-0.4, -0.2) is 35.3 Å². The first-order valence-electron chi connectivity index (χ1n) is 7.21. The second-order valence-electron chi connectivity index (χ2n) is 5.18. The van der Waals surface area contributed by atoms with Crippen molar-refractivity contribution in [3.63, 3.8) is 0 Å². The van der Waals surface area contributed by atoms with E-state index in [9.17, 15) is 9.59 Å². The molecule has 1 N–H and O–H groups in total. The first-order valence-corrected chi connectivity index (χ1v) is 7.21. The maximum absolute atomic E-state index is 12.0. The Morgan fingerprint density at radius 2 is 2.09 bits per heavy atom. The van der Waals surface area contributed by atoms with Crippen LogP contribution in [0.3, 0.4) is 0 Å². The van der Waals surface area contributed by atoms with Crippen LogP contribution in [0.1, 0.15) is 18.4 Å². The predicted octanol–water partition coefficient (Wildman–Crippen LogP) is 1.19. The number of nitrogens with one attached hydrogen (secondary N) is 1. The molecule has 1 fully saturated rings. The lowest BCUT2D eigenvalue weighted by atomic mass is 10.0. The highest BCUT2D eigenvalue weighted by Gasteiger charge is 2.34. The zero-order valence-electron chi connectivity index (χ0n) is 12.0. The second kappa shape index (κ2) is 6.53. The second-order valence-corrected chi connectivity index (χ2v) is 5.18. The van der Waals surface area contributed by atoms with Gasteiger partial charge in [0.25, 0.3) is 0 Å². The first kappa shape index (κ1) is 14.5. The minimum absolute atomic E-state index is 0.229. The first-order chi connectivity index (χ1) is 10.7. The van der Waals surface area contributed by atoms with E-state index in [1.807, 2.05) is 30.3 Å². The Balaban J connectivity index is 1.67. The highest BCUT2D eigenvalue weighted by Crippen LogP contribution is 2.20. The molecule has 0 saturated carbocycles. The van der Waals surface area contributed by atoms with Gasteiger partial charge < -0.3 is 9.64 Å². The lowest BCUT2D eigenvalue weighted by Crippen LogP contribution is -2.54. The summed E-state index contributed by atoms with van der Waals surface area (Å²) in [5.74, 6) is -0.529. The van der Waals surface area contributed by atoms with Crippen LogP contribution in [-0.2, 0) is 20.9 Å². The molecular formula is C16H17N3O3. The number of ether oxygens (including phenoxy) is 1. The number of benzene rings is 1. The number of hydrogen-bond donors (Lipinski definition) is 1. The third-order valence-electron chi connectivity index (χ3n) is 3.62. The van der Waals surface area contributed by atoms with E-state index >= 15 is 0 Å². The highest BCUT2D eigenvalue weighted by molar-refractivity contribution is 6.00. The van der Waals surface area contributed by atoms with Crippen LogP contribution >= 0.6 is 0 Å². The molecule has 6 nitrogen and oxygen atoms in total. The van der Waals surface area contributed by atoms with Gasteiger partial charge in [0.15, 0.2) is 0 Å². The molecule has 0 aliphatic carbocycles. The van der Waals surface area contributed by atoms with Gasteiger partial charge in [0.05, 0.1) is 6.61 Å². The summed E-state index contributed by atoms with van der Waals surface area (Å²) in [4.78, 5) is 29.3. The van der Waals surface area contributed by atoms with Gasteiger partial charge in [-0.3, -0.25) is 14.9 Å². The molecule has 2 aliphatic heterocycles. The van der Waals surface area contributed by atoms with E-state index in [0.717, 1.165) is 5.56 Å². The fourth-order valence-corrected chi connectivity index (χ4v) is 2.51.